The Morgan fingerprint density at radius 2 is 2.22 bits per heavy atom. The normalized spacial score (nSPS) is 36.0. The van der Waals surface area contributed by atoms with E-state index in [0.717, 1.165) is 16.4 Å². The number of rotatable bonds is 2. The molecule has 0 aliphatic carbocycles. The largest absolute Gasteiger partial charge is 0.477 e. The summed E-state index contributed by atoms with van der Waals surface area (Å²) in [6.45, 7) is 1.60. The van der Waals surface area contributed by atoms with Gasteiger partial charge in [0, 0.05) is 16.4 Å². The van der Waals surface area contributed by atoms with E-state index >= 15 is 0 Å². The third-order valence-corrected chi connectivity index (χ3v) is 6.48. The number of carboxylic acid groups (broad SMARTS) is 1. The minimum atomic E-state index is -1.04. The van der Waals surface area contributed by atoms with Crippen molar-refractivity contribution in [2.45, 2.75) is 24.3 Å². The van der Waals surface area contributed by atoms with Gasteiger partial charge in [-0.15, -0.1) is 11.8 Å². The number of aliphatic hydroxyl groups is 1. The molecule has 0 radical (unpaired) electrons. The topological polar surface area (TPSA) is 77.8 Å². The molecule has 0 aromatic carbocycles. The third-order valence-electron chi connectivity index (χ3n) is 3.59. The van der Waals surface area contributed by atoms with Gasteiger partial charge in [-0.25, -0.2) is 4.79 Å². The first-order valence-corrected chi connectivity index (χ1v) is 7.80. The molecule has 3 aliphatic heterocycles. The maximum absolute atomic E-state index is 12.0. The smallest absolute Gasteiger partial charge is 0.353 e. The number of carbonyl (C=O) groups is 2. The van der Waals surface area contributed by atoms with Gasteiger partial charge in [-0.2, -0.15) is 11.8 Å². The molecule has 18 heavy (non-hydrogen) atoms. The van der Waals surface area contributed by atoms with Crippen molar-refractivity contribution in [3.8, 4) is 0 Å². The Morgan fingerprint density at radius 1 is 1.50 bits per heavy atom. The van der Waals surface area contributed by atoms with E-state index in [1.165, 1.54) is 16.7 Å². The average Bonchev–Trinajstić information content (AvgIpc) is 2.60. The average molecular weight is 287 g/mol. The van der Waals surface area contributed by atoms with Crippen LogP contribution in [0.2, 0.25) is 0 Å². The SMILES string of the molecule is C[C@@H](O)[C@H]1C(=O)N2C(C(=O)O)=C3SCCS[C@@H]3[C@H]12. The fourth-order valence-electron chi connectivity index (χ4n) is 2.88. The summed E-state index contributed by atoms with van der Waals surface area (Å²) >= 11 is 3.23. The maximum atomic E-state index is 12.0. The van der Waals surface area contributed by atoms with Gasteiger partial charge in [0.2, 0.25) is 5.91 Å². The fraction of sp³-hybridized carbons (Fsp3) is 0.636. The number of aliphatic carboxylic acids is 1. The van der Waals surface area contributed by atoms with Crippen LogP contribution in [0.3, 0.4) is 0 Å². The number of hydrogen-bond donors (Lipinski definition) is 2. The van der Waals surface area contributed by atoms with Crippen LogP contribution in [-0.4, -0.2) is 55.9 Å². The Kier molecular flexibility index (Phi) is 2.87. The van der Waals surface area contributed by atoms with Crippen LogP contribution in [0.4, 0.5) is 0 Å². The highest BCUT2D eigenvalue weighted by Gasteiger charge is 2.61. The number of nitrogens with zero attached hydrogens (tertiary/aromatic N) is 1. The second kappa shape index (κ2) is 4.18. The minimum absolute atomic E-state index is 0.0344. The zero-order valence-electron chi connectivity index (χ0n) is 9.70. The summed E-state index contributed by atoms with van der Waals surface area (Å²) in [7, 11) is 0. The quantitative estimate of drug-likeness (QED) is 0.714. The lowest BCUT2D eigenvalue weighted by molar-refractivity contribution is -0.160. The molecular weight excluding hydrogens is 274 g/mol. The van der Waals surface area contributed by atoms with Crippen LogP contribution in [0, 0.1) is 5.92 Å². The van der Waals surface area contributed by atoms with Crippen LogP contribution in [-0.2, 0) is 9.59 Å². The Bertz CT molecular complexity index is 462. The summed E-state index contributed by atoms with van der Waals surface area (Å²) in [4.78, 5) is 25.5. The van der Waals surface area contributed by atoms with Crippen molar-refractivity contribution < 1.29 is 19.8 Å². The zero-order valence-corrected chi connectivity index (χ0v) is 11.3. The van der Waals surface area contributed by atoms with Crippen LogP contribution < -0.4 is 0 Å². The molecule has 2 saturated heterocycles. The van der Waals surface area contributed by atoms with E-state index in [0.29, 0.717) is 0 Å². The number of carbonyl (C=O) groups excluding carboxylic acids is 1. The Morgan fingerprint density at radius 3 is 2.83 bits per heavy atom. The minimum Gasteiger partial charge on any atom is -0.477 e. The van der Waals surface area contributed by atoms with E-state index in [4.69, 9.17) is 0 Å². The lowest BCUT2D eigenvalue weighted by Gasteiger charge is -2.46. The molecule has 4 atom stereocenters. The molecule has 2 N–H and O–H groups in total. The molecule has 2 fully saturated rings. The summed E-state index contributed by atoms with van der Waals surface area (Å²) in [6, 6.07) is -0.170. The molecule has 0 saturated carbocycles. The van der Waals surface area contributed by atoms with Crippen molar-refractivity contribution in [2.24, 2.45) is 5.92 Å². The molecule has 5 nitrogen and oxygen atoms in total. The molecule has 7 heteroatoms. The van der Waals surface area contributed by atoms with Gasteiger partial charge in [0.1, 0.15) is 5.70 Å². The van der Waals surface area contributed by atoms with Crippen molar-refractivity contribution in [3.05, 3.63) is 10.6 Å². The molecule has 3 aliphatic rings. The molecule has 3 rings (SSSR count). The Labute approximate surface area is 113 Å². The van der Waals surface area contributed by atoms with E-state index in [2.05, 4.69) is 0 Å². The molecule has 0 bridgehead atoms. The van der Waals surface area contributed by atoms with E-state index < -0.39 is 18.0 Å². The number of fused-ring (bicyclic) bond motifs is 3. The Hall–Kier alpha value is -0.660. The monoisotopic (exact) mass is 287 g/mol. The predicted octanol–water partition coefficient (Wildman–Crippen LogP) is 0.353. The fourth-order valence-corrected chi connectivity index (χ4v) is 5.85. The zero-order chi connectivity index (χ0) is 13.0. The van der Waals surface area contributed by atoms with Gasteiger partial charge in [0.15, 0.2) is 0 Å². The van der Waals surface area contributed by atoms with Crippen LogP contribution in [0.5, 0.6) is 0 Å². The second-order valence-electron chi connectivity index (χ2n) is 4.62. The van der Waals surface area contributed by atoms with Crippen molar-refractivity contribution in [1.82, 2.24) is 4.90 Å². The van der Waals surface area contributed by atoms with Gasteiger partial charge < -0.3 is 10.2 Å². The van der Waals surface area contributed by atoms with Crippen LogP contribution in [0.25, 0.3) is 0 Å². The number of amides is 1. The van der Waals surface area contributed by atoms with Crippen LogP contribution >= 0.6 is 23.5 Å². The van der Waals surface area contributed by atoms with Crippen LogP contribution in [0.1, 0.15) is 6.92 Å². The van der Waals surface area contributed by atoms with Gasteiger partial charge in [-0.1, -0.05) is 0 Å². The van der Waals surface area contributed by atoms with E-state index in [1.807, 2.05) is 0 Å². The molecule has 0 aromatic heterocycles. The highest BCUT2D eigenvalue weighted by atomic mass is 32.2. The summed E-state index contributed by atoms with van der Waals surface area (Å²) in [6.07, 6.45) is -0.722. The molecule has 1 amide bonds. The van der Waals surface area contributed by atoms with Gasteiger partial charge >= 0.3 is 5.97 Å². The first kappa shape index (κ1) is 12.4. The van der Waals surface area contributed by atoms with E-state index in [1.54, 1.807) is 18.7 Å². The van der Waals surface area contributed by atoms with Gasteiger partial charge in [0.25, 0.3) is 0 Å². The summed E-state index contributed by atoms with van der Waals surface area (Å²) in [5.74, 6) is 0.0893. The van der Waals surface area contributed by atoms with Crippen molar-refractivity contribution >= 4 is 35.4 Å². The first-order chi connectivity index (χ1) is 8.54. The summed E-state index contributed by atoms with van der Waals surface area (Å²) in [5, 5.41) is 19.0. The van der Waals surface area contributed by atoms with Crippen molar-refractivity contribution in [1.29, 1.82) is 0 Å². The van der Waals surface area contributed by atoms with E-state index in [9.17, 15) is 19.8 Å². The summed E-state index contributed by atoms with van der Waals surface area (Å²) < 4.78 is 0. The molecule has 0 spiro atoms. The highest BCUT2D eigenvalue weighted by Crippen LogP contribution is 2.53. The lowest BCUT2D eigenvalue weighted by Crippen LogP contribution is -2.64. The number of aliphatic hydroxyl groups excluding tert-OH is 1. The van der Waals surface area contributed by atoms with Crippen LogP contribution in [0.15, 0.2) is 10.6 Å². The van der Waals surface area contributed by atoms with Gasteiger partial charge in [0.05, 0.1) is 23.3 Å². The maximum Gasteiger partial charge on any atom is 0.353 e. The highest BCUT2D eigenvalue weighted by molar-refractivity contribution is 8.09. The van der Waals surface area contributed by atoms with Crippen molar-refractivity contribution in [3.63, 3.8) is 0 Å². The first-order valence-electron chi connectivity index (χ1n) is 5.77. The number of hydrogen-bond acceptors (Lipinski definition) is 5. The van der Waals surface area contributed by atoms with Crippen molar-refractivity contribution in [2.75, 3.05) is 11.5 Å². The second-order valence-corrected chi connectivity index (χ2v) is 7.01. The molecule has 0 unspecified atom stereocenters. The molecule has 98 valence electrons. The number of carboxylic acids is 1. The third kappa shape index (κ3) is 1.47. The molecular formula is C11H13NO4S2. The standard InChI is InChI=1S/C11H13NO4S2/c1-4(13)5-6-8-9(18-3-2-17-8)7(11(15)16)12(6)10(5)14/h4-6,8,13H,2-3H2,1H3,(H,15,16)/t4-,5-,6+,8-/m1/s1. The summed E-state index contributed by atoms with van der Waals surface area (Å²) in [5.41, 5.74) is 0.143. The lowest BCUT2D eigenvalue weighted by atomic mass is 9.83. The Balaban J connectivity index is 2.00. The van der Waals surface area contributed by atoms with E-state index in [-0.39, 0.29) is 22.9 Å². The van der Waals surface area contributed by atoms with Gasteiger partial charge in [-0.3, -0.25) is 9.69 Å². The van der Waals surface area contributed by atoms with Gasteiger partial charge in [-0.05, 0) is 6.92 Å². The molecule has 0 aromatic rings. The number of β-lactam (4-membered cyclic amide) rings is 1. The molecule has 3 heterocycles. The number of thioether (sulfide) groups is 2. The predicted molar refractivity (Wildman–Crippen MR) is 69.2 cm³/mol.